The monoisotopic (exact) mass is 245 g/mol. The number of primary amides is 1. The van der Waals surface area contributed by atoms with Crippen LogP contribution in [0.5, 0.6) is 0 Å². The Balaban J connectivity index is 1.70. The number of likely N-dealkylation sites (tertiary alicyclic amines) is 1. The van der Waals surface area contributed by atoms with Crippen molar-refractivity contribution in [3.8, 4) is 0 Å². The minimum Gasteiger partial charge on any atom is -0.368 e. The van der Waals surface area contributed by atoms with Gasteiger partial charge in [-0.2, -0.15) is 0 Å². The Morgan fingerprint density at radius 3 is 2.61 bits per heavy atom. The van der Waals surface area contributed by atoms with Gasteiger partial charge in [0.05, 0.1) is 0 Å². The largest absolute Gasteiger partial charge is 0.368 e. The molecule has 0 unspecified atom stereocenters. The van der Waals surface area contributed by atoms with Crippen LogP contribution in [0, 0.1) is 0 Å². The maximum Gasteiger partial charge on any atom is 0.314 e. The normalized spacial score (nSPS) is 20.0. The number of carbonyl (C=O) groups excluding carboxylic acids is 1. The molecular formula is C14H19N3O. The fourth-order valence-electron chi connectivity index (χ4n) is 3.14. The lowest BCUT2D eigenvalue weighted by Gasteiger charge is -2.37. The van der Waals surface area contributed by atoms with Crippen LogP contribution in [0.3, 0.4) is 0 Å². The molecule has 2 amide bonds. The predicted octanol–water partition coefficient (Wildman–Crippen LogP) is 1.59. The number of rotatable bonds is 1. The number of hydrogen-bond acceptors (Lipinski definition) is 2. The quantitative estimate of drug-likeness (QED) is 0.817. The molecule has 0 atom stereocenters. The number of para-hydroxylation sites is 1. The SMILES string of the molecule is NC(=O)N1CCC(N2CCc3ccccc32)CC1. The summed E-state index contributed by atoms with van der Waals surface area (Å²) < 4.78 is 0. The molecule has 1 aromatic carbocycles. The zero-order chi connectivity index (χ0) is 12.5. The number of hydrogen-bond donors (Lipinski definition) is 1. The number of nitrogens with two attached hydrogens (primary N) is 1. The summed E-state index contributed by atoms with van der Waals surface area (Å²) >= 11 is 0. The van der Waals surface area contributed by atoms with Crippen LogP contribution < -0.4 is 10.6 Å². The van der Waals surface area contributed by atoms with Gasteiger partial charge in [0.15, 0.2) is 0 Å². The summed E-state index contributed by atoms with van der Waals surface area (Å²) in [4.78, 5) is 15.4. The van der Waals surface area contributed by atoms with E-state index in [0.717, 1.165) is 38.9 Å². The molecule has 1 fully saturated rings. The molecule has 1 saturated heterocycles. The number of fused-ring (bicyclic) bond motifs is 1. The lowest BCUT2D eigenvalue weighted by Crippen LogP contribution is -2.48. The number of urea groups is 1. The van der Waals surface area contributed by atoms with E-state index >= 15 is 0 Å². The number of benzene rings is 1. The molecule has 0 bridgehead atoms. The highest BCUT2D eigenvalue weighted by Crippen LogP contribution is 2.32. The van der Waals surface area contributed by atoms with E-state index in [9.17, 15) is 4.79 Å². The van der Waals surface area contributed by atoms with Crippen LogP contribution in [0.2, 0.25) is 0 Å². The summed E-state index contributed by atoms with van der Waals surface area (Å²) in [7, 11) is 0. The van der Waals surface area contributed by atoms with Crippen molar-refractivity contribution in [1.29, 1.82) is 0 Å². The van der Waals surface area contributed by atoms with Crippen LogP contribution in [0.1, 0.15) is 18.4 Å². The standard InChI is InChI=1S/C14H19N3O/c15-14(18)16-8-6-12(7-9-16)17-10-5-11-3-1-2-4-13(11)17/h1-4,12H,5-10H2,(H2,15,18). The van der Waals surface area contributed by atoms with Gasteiger partial charge in [-0.3, -0.25) is 0 Å². The zero-order valence-corrected chi connectivity index (χ0v) is 10.5. The van der Waals surface area contributed by atoms with Gasteiger partial charge in [-0.05, 0) is 30.9 Å². The van der Waals surface area contributed by atoms with Crippen LogP contribution in [0.25, 0.3) is 0 Å². The van der Waals surface area contributed by atoms with E-state index in [4.69, 9.17) is 5.73 Å². The number of anilines is 1. The molecule has 4 nitrogen and oxygen atoms in total. The van der Waals surface area contributed by atoms with Gasteiger partial charge in [-0.1, -0.05) is 18.2 Å². The van der Waals surface area contributed by atoms with Crippen LogP contribution in [-0.2, 0) is 6.42 Å². The third-order valence-electron chi connectivity index (χ3n) is 4.14. The molecule has 0 spiro atoms. The second kappa shape index (κ2) is 4.52. The molecule has 0 radical (unpaired) electrons. The highest BCUT2D eigenvalue weighted by Gasteiger charge is 2.29. The molecule has 2 aliphatic heterocycles. The van der Waals surface area contributed by atoms with Crippen molar-refractivity contribution in [1.82, 2.24) is 4.90 Å². The molecular weight excluding hydrogens is 226 g/mol. The number of piperidine rings is 1. The highest BCUT2D eigenvalue weighted by molar-refractivity contribution is 5.72. The summed E-state index contributed by atoms with van der Waals surface area (Å²) in [6.45, 7) is 2.69. The van der Waals surface area contributed by atoms with Gasteiger partial charge >= 0.3 is 6.03 Å². The van der Waals surface area contributed by atoms with E-state index in [1.54, 1.807) is 4.90 Å². The molecule has 0 aliphatic carbocycles. The molecule has 3 rings (SSSR count). The Bertz CT molecular complexity index is 452. The Morgan fingerprint density at radius 1 is 1.17 bits per heavy atom. The van der Waals surface area contributed by atoms with Crippen LogP contribution >= 0.6 is 0 Å². The van der Waals surface area contributed by atoms with E-state index < -0.39 is 0 Å². The minimum absolute atomic E-state index is 0.282. The maximum atomic E-state index is 11.1. The first kappa shape index (κ1) is 11.4. The molecule has 0 saturated carbocycles. The van der Waals surface area contributed by atoms with Crippen molar-refractivity contribution in [3.05, 3.63) is 29.8 Å². The third kappa shape index (κ3) is 1.92. The van der Waals surface area contributed by atoms with Crippen molar-refractivity contribution in [2.24, 2.45) is 5.73 Å². The van der Waals surface area contributed by atoms with Crippen molar-refractivity contribution in [3.63, 3.8) is 0 Å². The average molecular weight is 245 g/mol. The highest BCUT2D eigenvalue weighted by atomic mass is 16.2. The number of nitrogens with zero attached hydrogens (tertiary/aromatic N) is 2. The van der Waals surface area contributed by atoms with E-state index in [1.165, 1.54) is 11.3 Å². The molecule has 1 aromatic rings. The van der Waals surface area contributed by atoms with Crippen molar-refractivity contribution >= 4 is 11.7 Å². The summed E-state index contributed by atoms with van der Waals surface area (Å²) in [5, 5.41) is 0. The summed E-state index contributed by atoms with van der Waals surface area (Å²) in [6, 6.07) is 8.92. The van der Waals surface area contributed by atoms with Gasteiger partial charge < -0.3 is 15.5 Å². The second-order valence-electron chi connectivity index (χ2n) is 5.13. The van der Waals surface area contributed by atoms with Crippen molar-refractivity contribution < 1.29 is 4.79 Å². The lowest BCUT2D eigenvalue weighted by molar-refractivity contribution is 0.190. The van der Waals surface area contributed by atoms with E-state index in [0.29, 0.717) is 6.04 Å². The molecule has 2 N–H and O–H groups in total. The minimum atomic E-state index is -0.282. The van der Waals surface area contributed by atoms with Gasteiger partial charge in [0.1, 0.15) is 0 Å². The van der Waals surface area contributed by atoms with Crippen molar-refractivity contribution in [2.45, 2.75) is 25.3 Å². The van der Waals surface area contributed by atoms with Crippen LogP contribution in [-0.4, -0.2) is 36.6 Å². The Hall–Kier alpha value is -1.71. The average Bonchev–Trinajstić information content (AvgIpc) is 2.82. The van der Waals surface area contributed by atoms with Gasteiger partial charge in [0, 0.05) is 31.4 Å². The number of amides is 2. The van der Waals surface area contributed by atoms with E-state index in [1.807, 2.05) is 0 Å². The van der Waals surface area contributed by atoms with Gasteiger partial charge in [0.25, 0.3) is 0 Å². The van der Waals surface area contributed by atoms with Crippen LogP contribution in [0.4, 0.5) is 10.5 Å². The van der Waals surface area contributed by atoms with Gasteiger partial charge in [0.2, 0.25) is 0 Å². The van der Waals surface area contributed by atoms with E-state index in [2.05, 4.69) is 29.2 Å². The number of carbonyl (C=O) groups is 1. The zero-order valence-electron chi connectivity index (χ0n) is 10.5. The van der Waals surface area contributed by atoms with Gasteiger partial charge in [-0.15, -0.1) is 0 Å². The molecule has 2 heterocycles. The van der Waals surface area contributed by atoms with Crippen LogP contribution in [0.15, 0.2) is 24.3 Å². The molecule has 4 heteroatoms. The Labute approximate surface area is 107 Å². The second-order valence-corrected chi connectivity index (χ2v) is 5.13. The molecule has 0 aromatic heterocycles. The summed E-state index contributed by atoms with van der Waals surface area (Å²) in [5.41, 5.74) is 8.15. The third-order valence-corrected chi connectivity index (χ3v) is 4.14. The molecule has 18 heavy (non-hydrogen) atoms. The first-order valence-electron chi connectivity index (χ1n) is 6.64. The Kier molecular flexibility index (Phi) is 2.86. The Morgan fingerprint density at radius 2 is 1.89 bits per heavy atom. The summed E-state index contributed by atoms with van der Waals surface area (Å²) in [6.07, 6.45) is 3.20. The summed E-state index contributed by atoms with van der Waals surface area (Å²) in [5.74, 6) is 0. The van der Waals surface area contributed by atoms with Gasteiger partial charge in [-0.25, -0.2) is 4.79 Å². The lowest BCUT2D eigenvalue weighted by atomic mass is 10.0. The first-order valence-corrected chi connectivity index (χ1v) is 6.64. The predicted molar refractivity (Wildman–Crippen MR) is 71.7 cm³/mol. The van der Waals surface area contributed by atoms with Crippen molar-refractivity contribution in [2.75, 3.05) is 24.5 Å². The topological polar surface area (TPSA) is 49.6 Å². The smallest absolute Gasteiger partial charge is 0.314 e. The molecule has 2 aliphatic rings. The molecule has 96 valence electrons. The van der Waals surface area contributed by atoms with E-state index in [-0.39, 0.29) is 6.03 Å². The first-order chi connectivity index (χ1) is 8.75. The maximum absolute atomic E-state index is 11.1. The fraction of sp³-hybridized carbons (Fsp3) is 0.500. The fourth-order valence-corrected chi connectivity index (χ4v) is 3.14.